The van der Waals surface area contributed by atoms with E-state index in [0.29, 0.717) is 16.6 Å². The smallest absolute Gasteiger partial charge is 0.231 e. The van der Waals surface area contributed by atoms with Crippen molar-refractivity contribution < 1.29 is 13.6 Å². The number of nitrogens with zero attached hydrogens (tertiary/aromatic N) is 3. The number of rotatable bonds is 6. The van der Waals surface area contributed by atoms with E-state index in [1.807, 2.05) is 37.3 Å². The first-order valence-electron chi connectivity index (χ1n) is 8.67. The second-order valence-corrected chi connectivity index (χ2v) is 7.14. The SMILES string of the molecule is CC(NC(=O)CSc1nncn1-c1ccccc1F)c1cc2ccccc2o1. The minimum Gasteiger partial charge on any atom is -0.459 e. The number of thioether (sulfide) groups is 1. The monoisotopic (exact) mass is 396 g/mol. The first kappa shape index (κ1) is 18.2. The van der Waals surface area contributed by atoms with Crippen molar-refractivity contribution in [3.8, 4) is 5.69 Å². The lowest BCUT2D eigenvalue weighted by Crippen LogP contribution is -2.28. The highest BCUT2D eigenvalue weighted by atomic mass is 32.2. The summed E-state index contributed by atoms with van der Waals surface area (Å²) in [5.41, 5.74) is 1.12. The van der Waals surface area contributed by atoms with Crippen LogP contribution in [0.15, 0.2) is 70.5 Å². The number of halogens is 1. The fourth-order valence-corrected chi connectivity index (χ4v) is 3.57. The molecule has 1 N–H and O–H groups in total. The third-order valence-electron chi connectivity index (χ3n) is 4.21. The number of amides is 1. The summed E-state index contributed by atoms with van der Waals surface area (Å²) in [7, 11) is 0. The van der Waals surface area contributed by atoms with Crippen LogP contribution >= 0.6 is 11.8 Å². The molecule has 1 atom stereocenters. The van der Waals surface area contributed by atoms with E-state index in [2.05, 4.69) is 15.5 Å². The average Bonchev–Trinajstić information content (AvgIpc) is 3.33. The van der Waals surface area contributed by atoms with Crippen molar-refractivity contribution in [3.05, 3.63) is 72.5 Å². The summed E-state index contributed by atoms with van der Waals surface area (Å²) in [6.07, 6.45) is 1.43. The van der Waals surface area contributed by atoms with Crippen LogP contribution in [-0.4, -0.2) is 26.4 Å². The lowest BCUT2D eigenvalue weighted by atomic mass is 10.2. The van der Waals surface area contributed by atoms with Crippen molar-refractivity contribution >= 4 is 28.6 Å². The van der Waals surface area contributed by atoms with Gasteiger partial charge in [-0.2, -0.15) is 0 Å². The van der Waals surface area contributed by atoms with Crippen molar-refractivity contribution in [1.29, 1.82) is 0 Å². The van der Waals surface area contributed by atoms with Gasteiger partial charge in [0, 0.05) is 5.39 Å². The van der Waals surface area contributed by atoms with Gasteiger partial charge in [-0.05, 0) is 31.2 Å². The fraction of sp³-hybridized carbons (Fsp3) is 0.150. The summed E-state index contributed by atoms with van der Waals surface area (Å²) in [4.78, 5) is 12.3. The number of furan rings is 1. The Morgan fingerprint density at radius 3 is 2.86 bits per heavy atom. The molecule has 0 aliphatic heterocycles. The Morgan fingerprint density at radius 2 is 2.04 bits per heavy atom. The third kappa shape index (κ3) is 3.77. The standard InChI is InChI=1S/C20H17FN4O2S/c1-13(18-10-14-6-2-5-9-17(14)27-18)23-19(26)11-28-20-24-22-12-25(20)16-8-4-3-7-15(16)21/h2-10,12-13H,11H2,1H3,(H,23,26). The Hall–Kier alpha value is -3.13. The molecule has 0 spiro atoms. The van der Waals surface area contributed by atoms with Gasteiger partial charge < -0.3 is 9.73 Å². The molecule has 4 rings (SSSR count). The molecule has 0 bridgehead atoms. The van der Waals surface area contributed by atoms with E-state index in [9.17, 15) is 9.18 Å². The topological polar surface area (TPSA) is 73.0 Å². The number of benzene rings is 2. The van der Waals surface area contributed by atoms with E-state index in [1.54, 1.807) is 18.2 Å². The normalized spacial score (nSPS) is 12.2. The van der Waals surface area contributed by atoms with Crippen molar-refractivity contribution in [2.75, 3.05) is 5.75 Å². The van der Waals surface area contributed by atoms with Crippen molar-refractivity contribution in [2.24, 2.45) is 0 Å². The third-order valence-corrected chi connectivity index (χ3v) is 5.15. The zero-order chi connectivity index (χ0) is 19.5. The molecule has 0 saturated carbocycles. The number of hydrogen-bond donors (Lipinski definition) is 1. The summed E-state index contributed by atoms with van der Waals surface area (Å²) in [6.45, 7) is 1.86. The molecule has 2 aromatic carbocycles. The maximum absolute atomic E-state index is 14.0. The quantitative estimate of drug-likeness (QED) is 0.496. The van der Waals surface area contributed by atoms with Crippen LogP contribution in [0.1, 0.15) is 18.7 Å². The summed E-state index contributed by atoms with van der Waals surface area (Å²) < 4.78 is 21.3. The van der Waals surface area contributed by atoms with E-state index >= 15 is 0 Å². The number of hydrogen-bond acceptors (Lipinski definition) is 5. The molecule has 6 nitrogen and oxygen atoms in total. The van der Waals surface area contributed by atoms with Crippen LogP contribution in [0.5, 0.6) is 0 Å². The molecule has 0 fully saturated rings. The molecule has 1 unspecified atom stereocenters. The minimum absolute atomic E-state index is 0.123. The second kappa shape index (κ2) is 7.85. The summed E-state index contributed by atoms with van der Waals surface area (Å²) in [5.74, 6) is 0.250. The van der Waals surface area contributed by atoms with E-state index < -0.39 is 0 Å². The predicted octanol–water partition coefficient (Wildman–Crippen LogP) is 4.12. The highest BCUT2D eigenvalue weighted by Crippen LogP contribution is 2.24. The van der Waals surface area contributed by atoms with Crippen molar-refractivity contribution in [2.45, 2.75) is 18.1 Å². The maximum atomic E-state index is 14.0. The van der Waals surface area contributed by atoms with Crippen molar-refractivity contribution in [3.63, 3.8) is 0 Å². The Balaban J connectivity index is 1.40. The lowest BCUT2D eigenvalue weighted by Gasteiger charge is -2.11. The molecule has 0 saturated heterocycles. The number of aromatic nitrogens is 3. The van der Waals surface area contributed by atoms with Gasteiger partial charge in [0.15, 0.2) is 5.16 Å². The molecular formula is C20H17FN4O2S. The van der Waals surface area contributed by atoms with Crippen LogP contribution in [0.25, 0.3) is 16.7 Å². The van der Waals surface area contributed by atoms with E-state index in [-0.39, 0.29) is 23.5 Å². The molecular weight excluding hydrogens is 379 g/mol. The molecule has 28 heavy (non-hydrogen) atoms. The molecule has 0 radical (unpaired) electrons. The van der Waals surface area contributed by atoms with Crippen LogP contribution in [-0.2, 0) is 4.79 Å². The largest absolute Gasteiger partial charge is 0.459 e. The predicted molar refractivity (Wildman–Crippen MR) is 105 cm³/mol. The van der Waals surface area contributed by atoms with E-state index in [0.717, 1.165) is 11.0 Å². The molecule has 0 aliphatic rings. The van der Waals surface area contributed by atoms with Crippen molar-refractivity contribution in [1.82, 2.24) is 20.1 Å². The summed E-state index contributed by atoms with van der Waals surface area (Å²) >= 11 is 1.19. The van der Waals surface area contributed by atoms with Gasteiger partial charge in [-0.15, -0.1) is 10.2 Å². The molecule has 2 aromatic heterocycles. The zero-order valence-corrected chi connectivity index (χ0v) is 15.8. The van der Waals surface area contributed by atoms with E-state index in [4.69, 9.17) is 4.42 Å². The van der Waals surface area contributed by atoms with Gasteiger partial charge in [0.1, 0.15) is 23.5 Å². The number of nitrogens with one attached hydrogen (secondary N) is 1. The van der Waals surface area contributed by atoms with Gasteiger partial charge in [-0.1, -0.05) is 42.1 Å². The molecule has 8 heteroatoms. The first-order valence-corrected chi connectivity index (χ1v) is 9.66. The number of fused-ring (bicyclic) bond motifs is 1. The molecule has 4 aromatic rings. The Bertz CT molecular complexity index is 1090. The second-order valence-electron chi connectivity index (χ2n) is 6.20. The summed E-state index contributed by atoms with van der Waals surface area (Å²) in [5, 5.41) is 12.1. The van der Waals surface area contributed by atoms with E-state index in [1.165, 1.54) is 28.7 Å². The minimum atomic E-state index is -0.382. The number of carbonyl (C=O) groups is 1. The van der Waals surface area contributed by atoms with Crippen LogP contribution in [0.4, 0.5) is 4.39 Å². The van der Waals surface area contributed by atoms with Crippen LogP contribution < -0.4 is 5.32 Å². The molecule has 142 valence electrons. The first-order chi connectivity index (χ1) is 13.6. The van der Waals surface area contributed by atoms with Crippen LogP contribution in [0.3, 0.4) is 0 Å². The van der Waals surface area contributed by atoms with Crippen LogP contribution in [0.2, 0.25) is 0 Å². The van der Waals surface area contributed by atoms with Gasteiger partial charge in [-0.25, -0.2) is 4.39 Å². The van der Waals surface area contributed by atoms with Gasteiger partial charge in [0.2, 0.25) is 5.91 Å². The lowest BCUT2D eigenvalue weighted by molar-refractivity contribution is -0.119. The molecule has 1 amide bonds. The Labute approximate surface area is 164 Å². The Kier molecular flexibility index (Phi) is 5.12. The number of carbonyl (C=O) groups excluding carboxylic acids is 1. The maximum Gasteiger partial charge on any atom is 0.231 e. The fourth-order valence-electron chi connectivity index (χ4n) is 2.84. The zero-order valence-electron chi connectivity index (χ0n) is 15.0. The van der Waals surface area contributed by atoms with Gasteiger partial charge in [0.05, 0.1) is 17.5 Å². The van der Waals surface area contributed by atoms with Gasteiger partial charge >= 0.3 is 0 Å². The highest BCUT2D eigenvalue weighted by Gasteiger charge is 2.16. The summed E-state index contributed by atoms with van der Waals surface area (Å²) in [6, 6.07) is 15.7. The Morgan fingerprint density at radius 1 is 1.25 bits per heavy atom. The highest BCUT2D eigenvalue weighted by molar-refractivity contribution is 7.99. The average molecular weight is 396 g/mol. The molecule has 2 heterocycles. The number of para-hydroxylation sites is 2. The van der Waals surface area contributed by atoms with Crippen LogP contribution in [0, 0.1) is 5.82 Å². The molecule has 0 aliphatic carbocycles. The van der Waals surface area contributed by atoms with Gasteiger partial charge in [0.25, 0.3) is 0 Å². The van der Waals surface area contributed by atoms with Gasteiger partial charge in [-0.3, -0.25) is 9.36 Å².